The maximum absolute atomic E-state index is 13.4. The number of hydrogen-bond donors (Lipinski definition) is 3. The third kappa shape index (κ3) is 3.39. The smallest absolute Gasteiger partial charge is 0.335 e. The Morgan fingerprint density at radius 3 is 2.35 bits per heavy atom. The molecule has 1 aromatic rings. The predicted octanol–water partition coefficient (Wildman–Crippen LogP) is 1.70. The minimum absolute atomic E-state index is 0.108. The number of benzene rings is 1. The van der Waals surface area contributed by atoms with Crippen molar-refractivity contribution in [2.24, 2.45) is 5.92 Å². The molecule has 1 atom stereocenters. The fraction of sp³-hybridized carbons (Fsp3) is 0.364. The summed E-state index contributed by atoms with van der Waals surface area (Å²) in [6, 6.07) is 1.49. The van der Waals surface area contributed by atoms with Crippen molar-refractivity contribution in [1.82, 2.24) is 0 Å². The van der Waals surface area contributed by atoms with E-state index in [4.69, 9.17) is 10.2 Å². The summed E-state index contributed by atoms with van der Waals surface area (Å²) in [4.78, 5) is 10.5. The number of anilines is 1. The molecular weight excluding hydrogens is 232 g/mol. The standard InChI is InChI=1S/C11H13F2NO3/c1-6(5-15)4-14-10-8(12)2-7(11(16)17)3-9(10)13/h2-3,6,14-15H,4-5H2,1H3,(H,16,17). The van der Waals surface area contributed by atoms with E-state index in [2.05, 4.69) is 5.32 Å². The fourth-order valence-electron chi connectivity index (χ4n) is 1.21. The Balaban J connectivity index is 2.90. The van der Waals surface area contributed by atoms with Crippen LogP contribution in [0.25, 0.3) is 0 Å². The molecule has 0 saturated heterocycles. The van der Waals surface area contributed by atoms with Crippen LogP contribution in [0, 0.1) is 17.6 Å². The van der Waals surface area contributed by atoms with Gasteiger partial charge in [-0.1, -0.05) is 6.92 Å². The lowest BCUT2D eigenvalue weighted by Gasteiger charge is -2.12. The van der Waals surface area contributed by atoms with Crippen LogP contribution in [0.15, 0.2) is 12.1 Å². The van der Waals surface area contributed by atoms with Crippen LogP contribution in [0.5, 0.6) is 0 Å². The molecule has 3 N–H and O–H groups in total. The highest BCUT2D eigenvalue weighted by atomic mass is 19.1. The molecular formula is C11H13F2NO3. The van der Waals surface area contributed by atoms with Gasteiger partial charge in [0.15, 0.2) is 0 Å². The van der Waals surface area contributed by atoms with Crippen LogP contribution in [0.2, 0.25) is 0 Å². The minimum Gasteiger partial charge on any atom is -0.478 e. The van der Waals surface area contributed by atoms with Gasteiger partial charge in [-0.3, -0.25) is 0 Å². The zero-order valence-electron chi connectivity index (χ0n) is 9.20. The first-order chi connectivity index (χ1) is 7.95. The first kappa shape index (κ1) is 13.4. The average molecular weight is 245 g/mol. The lowest BCUT2D eigenvalue weighted by Crippen LogP contribution is -2.16. The number of aliphatic hydroxyl groups excluding tert-OH is 1. The number of hydrogen-bond acceptors (Lipinski definition) is 3. The molecule has 0 spiro atoms. The summed E-state index contributed by atoms with van der Waals surface area (Å²) in [6.45, 7) is 1.79. The van der Waals surface area contributed by atoms with Gasteiger partial charge in [0.05, 0.1) is 5.56 Å². The molecule has 0 bridgehead atoms. The second kappa shape index (κ2) is 5.58. The van der Waals surface area contributed by atoms with Gasteiger partial charge in [0, 0.05) is 13.2 Å². The van der Waals surface area contributed by atoms with Gasteiger partial charge >= 0.3 is 5.97 Å². The Labute approximate surface area is 96.9 Å². The second-order valence-corrected chi connectivity index (χ2v) is 3.79. The number of aromatic carboxylic acids is 1. The zero-order valence-corrected chi connectivity index (χ0v) is 9.20. The number of carboxylic acid groups (broad SMARTS) is 1. The molecule has 0 aliphatic heterocycles. The van der Waals surface area contributed by atoms with Gasteiger partial charge in [-0.2, -0.15) is 0 Å². The Hall–Kier alpha value is -1.69. The Morgan fingerprint density at radius 1 is 1.41 bits per heavy atom. The van der Waals surface area contributed by atoms with Gasteiger partial charge < -0.3 is 15.5 Å². The first-order valence-electron chi connectivity index (χ1n) is 5.02. The van der Waals surface area contributed by atoms with E-state index in [-0.39, 0.29) is 24.8 Å². The Bertz CT molecular complexity index is 400. The van der Waals surface area contributed by atoms with E-state index in [1.165, 1.54) is 0 Å². The van der Waals surface area contributed by atoms with Crippen molar-refractivity contribution >= 4 is 11.7 Å². The SMILES string of the molecule is CC(CO)CNc1c(F)cc(C(=O)O)cc1F. The number of carbonyl (C=O) groups is 1. The van der Waals surface area contributed by atoms with Crippen LogP contribution in [-0.4, -0.2) is 29.3 Å². The first-order valence-corrected chi connectivity index (χ1v) is 5.02. The molecule has 0 saturated carbocycles. The van der Waals surface area contributed by atoms with Crippen molar-refractivity contribution in [2.45, 2.75) is 6.92 Å². The van der Waals surface area contributed by atoms with Gasteiger partial charge in [-0.25, -0.2) is 13.6 Å². The zero-order chi connectivity index (χ0) is 13.0. The van der Waals surface area contributed by atoms with Crippen LogP contribution in [0.3, 0.4) is 0 Å². The molecule has 94 valence electrons. The summed E-state index contributed by atoms with van der Waals surface area (Å²) in [7, 11) is 0. The molecule has 1 rings (SSSR count). The highest BCUT2D eigenvalue weighted by molar-refractivity contribution is 5.88. The maximum Gasteiger partial charge on any atom is 0.335 e. The molecule has 4 nitrogen and oxygen atoms in total. The number of halogens is 2. The monoisotopic (exact) mass is 245 g/mol. The van der Waals surface area contributed by atoms with Crippen LogP contribution in [-0.2, 0) is 0 Å². The molecule has 1 aromatic carbocycles. The van der Waals surface area contributed by atoms with E-state index in [1.807, 2.05) is 0 Å². The van der Waals surface area contributed by atoms with E-state index in [0.717, 1.165) is 12.1 Å². The van der Waals surface area contributed by atoms with E-state index < -0.39 is 23.2 Å². The lowest BCUT2D eigenvalue weighted by molar-refractivity contribution is 0.0696. The summed E-state index contributed by atoms with van der Waals surface area (Å²) in [6.07, 6.45) is 0. The number of carboxylic acids is 1. The van der Waals surface area contributed by atoms with Crippen molar-refractivity contribution in [2.75, 3.05) is 18.5 Å². The third-order valence-corrected chi connectivity index (χ3v) is 2.23. The quantitative estimate of drug-likeness (QED) is 0.738. The summed E-state index contributed by atoms with van der Waals surface area (Å²) in [5.74, 6) is -3.48. The summed E-state index contributed by atoms with van der Waals surface area (Å²) in [5, 5.41) is 19.9. The van der Waals surface area contributed by atoms with Crippen LogP contribution in [0.1, 0.15) is 17.3 Å². The van der Waals surface area contributed by atoms with Gasteiger partial charge in [0.1, 0.15) is 17.3 Å². The molecule has 0 radical (unpaired) electrons. The highest BCUT2D eigenvalue weighted by Gasteiger charge is 2.14. The molecule has 6 heteroatoms. The van der Waals surface area contributed by atoms with Crippen LogP contribution >= 0.6 is 0 Å². The molecule has 0 heterocycles. The molecule has 0 aliphatic carbocycles. The number of rotatable bonds is 5. The van der Waals surface area contributed by atoms with E-state index >= 15 is 0 Å². The van der Waals surface area contributed by atoms with Crippen LogP contribution < -0.4 is 5.32 Å². The highest BCUT2D eigenvalue weighted by Crippen LogP contribution is 2.21. The predicted molar refractivity (Wildman–Crippen MR) is 58.1 cm³/mol. The second-order valence-electron chi connectivity index (χ2n) is 3.79. The van der Waals surface area contributed by atoms with Crippen LogP contribution in [0.4, 0.5) is 14.5 Å². The van der Waals surface area contributed by atoms with Gasteiger partial charge in [0.25, 0.3) is 0 Å². The molecule has 0 aromatic heterocycles. The molecule has 1 unspecified atom stereocenters. The summed E-state index contributed by atoms with van der Waals surface area (Å²) < 4.78 is 26.8. The largest absolute Gasteiger partial charge is 0.478 e. The molecule has 0 aliphatic rings. The lowest BCUT2D eigenvalue weighted by atomic mass is 10.1. The van der Waals surface area contributed by atoms with E-state index in [1.54, 1.807) is 6.92 Å². The van der Waals surface area contributed by atoms with Gasteiger partial charge in [0.2, 0.25) is 0 Å². The number of nitrogens with one attached hydrogen (secondary N) is 1. The molecule has 17 heavy (non-hydrogen) atoms. The fourth-order valence-corrected chi connectivity index (χ4v) is 1.21. The summed E-state index contributed by atoms with van der Waals surface area (Å²) in [5.41, 5.74) is -0.823. The van der Waals surface area contributed by atoms with Crippen molar-refractivity contribution < 1.29 is 23.8 Å². The molecule has 0 amide bonds. The number of aliphatic hydroxyl groups is 1. The Morgan fingerprint density at radius 2 is 1.94 bits per heavy atom. The topological polar surface area (TPSA) is 69.6 Å². The van der Waals surface area contributed by atoms with Crippen molar-refractivity contribution in [3.05, 3.63) is 29.3 Å². The average Bonchev–Trinajstić information content (AvgIpc) is 2.27. The van der Waals surface area contributed by atoms with E-state index in [0.29, 0.717) is 0 Å². The third-order valence-electron chi connectivity index (χ3n) is 2.23. The normalized spacial score (nSPS) is 12.2. The van der Waals surface area contributed by atoms with Crippen molar-refractivity contribution in [3.63, 3.8) is 0 Å². The van der Waals surface area contributed by atoms with Gasteiger partial charge in [-0.05, 0) is 18.1 Å². The van der Waals surface area contributed by atoms with Crippen molar-refractivity contribution in [1.29, 1.82) is 0 Å². The molecule has 0 fully saturated rings. The Kier molecular flexibility index (Phi) is 4.39. The van der Waals surface area contributed by atoms with E-state index in [9.17, 15) is 13.6 Å². The van der Waals surface area contributed by atoms with Crippen molar-refractivity contribution in [3.8, 4) is 0 Å². The summed E-state index contributed by atoms with van der Waals surface area (Å²) >= 11 is 0. The minimum atomic E-state index is -1.39. The van der Waals surface area contributed by atoms with Gasteiger partial charge in [-0.15, -0.1) is 0 Å². The maximum atomic E-state index is 13.4.